The third-order valence-electron chi connectivity index (χ3n) is 7.30. The number of anilines is 1. The Balaban J connectivity index is 1.22. The van der Waals surface area contributed by atoms with Crippen molar-refractivity contribution in [3.63, 3.8) is 0 Å². The normalized spacial score (nSPS) is 29.7. The molecule has 6 rings (SSSR count). The second kappa shape index (κ2) is 7.01. The molecule has 0 unspecified atom stereocenters. The third-order valence-corrected chi connectivity index (χ3v) is 7.30. The molecule has 6 nitrogen and oxygen atoms in total. The van der Waals surface area contributed by atoms with Gasteiger partial charge in [0.15, 0.2) is 0 Å². The average molecular weight is 393 g/mol. The van der Waals surface area contributed by atoms with Crippen molar-refractivity contribution in [3.05, 3.63) is 62.9 Å². The number of amides is 1. The van der Waals surface area contributed by atoms with E-state index >= 15 is 0 Å². The Hall–Kier alpha value is -2.63. The molecule has 4 bridgehead atoms. The molecule has 2 N–H and O–H groups in total. The van der Waals surface area contributed by atoms with Crippen molar-refractivity contribution < 1.29 is 4.79 Å². The lowest BCUT2D eigenvalue weighted by Crippen LogP contribution is -2.48. The van der Waals surface area contributed by atoms with Crippen LogP contribution in [0, 0.1) is 17.8 Å². The summed E-state index contributed by atoms with van der Waals surface area (Å²) < 4.78 is 1.33. The molecule has 4 saturated carbocycles. The first-order valence-corrected chi connectivity index (χ1v) is 10.7. The molecule has 1 aromatic heterocycles. The first-order valence-electron chi connectivity index (χ1n) is 10.7. The van der Waals surface area contributed by atoms with Crippen LogP contribution in [0.4, 0.5) is 5.69 Å². The monoisotopic (exact) mass is 393 g/mol. The Kier molecular flexibility index (Phi) is 4.45. The first-order chi connectivity index (χ1) is 14.0. The van der Waals surface area contributed by atoms with E-state index in [9.17, 15) is 14.4 Å². The second-order valence-electron chi connectivity index (χ2n) is 9.38. The summed E-state index contributed by atoms with van der Waals surface area (Å²) >= 11 is 0. The molecule has 4 aliphatic carbocycles. The summed E-state index contributed by atoms with van der Waals surface area (Å²) in [4.78, 5) is 37.3. The summed E-state index contributed by atoms with van der Waals surface area (Å²) in [7, 11) is 0. The van der Waals surface area contributed by atoms with Gasteiger partial charge in [0.25, 0.3) is 5.56 Å². The van der Waals surface area contributed by atoms with E-state index in [2.05, 4.69) is 22.4 Å². The van der Waals surface area contributed by atoms with E-state index in [1.165, 1.54) is 60.9 Å². The standard InChI is InChI=1S/C23H27N3O3/c27-20(5-7-26-8-6-21(28)25-22(26)29)24-19-3-1-18(2-4-19)23-12-15-9-16(13-23)11-17(10-15)14-23/h1-4,6,8,15-17H,5,7,9-14H2,(H,24,27)(H,25,28,29). The van der Waals surface area contributed by atoms with E-state index in [1.54, 1.807) is 0 Å². The lowest BCUT2D eigenvalue weighted by atomic mass is 9.48. The van der Waals surface area contributed by atoms with Gasteiger partial charge in [0, 0.05) is 30.9 Å². The van der Waals surface area contributed by atoms with Crippen LogP contribution in [0.1, 0.15) is 50.5 Å². The lowest BCUT2D eigenvalue weighted by Gasteiger charge is -2.57. The number of aryl methyl sites for hydroxylation is 1. The fourth-order valence-electron chi connectivity index (χ4n) is 6.44. The maximum absolute atomic E-state index is 12.3. The fraction of sp³-hybridized carbons (Fsp3) is 0.522. The Morgan fingerprint density at radius 3 is 2.21 bits per heavy atom. The molecule has 29 heavy (non-hydrogen) atoms. The molecule has 0 radical (unpaired) electrons. The summed E-state index contributed by atoms with van der Waals surface area (Å²) in [5.74, 6) is 2.59. The molecular weight excluding hydrogens is 366 g/mol. The van der Waals surface area contributed by atoms with E-state index in [4.69, 9.17) is 0 Å². The number of H-pyrrole nitrogens is 1. The van der Waals surface area contributed by atoms with Gasteiger partial charge in [0.05, 0.1) is 0 Å². The van der Waals surface area contributed by atoms with Crippen LogP contribution in [-0.4, -0.2) is 15.5 Å². The largest absolute Gasteiger partial charge is 0.328 e. The van der Waals surface area contributed by atoms with Crippen LogP contribution in [0.15, 0.2) is 46.1 Å². The van der Waals surface area contributed by atoms with Gasteiger partial charge in [-0.1, -0.05) is 12.1 Å². The number of nitrogens with zero attached hydrogens (tertiary/aromatic N) is 1. The summed E-state index contributed by atoms with van der Waals surface area (Å²) in [5.41, 5.74) is 1.66. The van der Waals surface area contributed by atoms with Crippen molar-refractivity contribution >= 4 is 11.6 Å². The van der Waals surface area contributed by atoms with Crippen LogP contribution in [0.3, 0.4) is 0 Å². The van der Waals surface area contributed by atoms with Crippen molar-refractivity contribution in [2.75, 3.05) is 5.32 Å². The molecule has 0 saturated heterocycles. The third kappa shape index (κ3) is 3.56. The Labute approximate surface area is 169 Å². The number of hydrogen-bond acceptors (Lipinski definition) is 3. The maximum Gasteiger partial charge on any atom is 0.328 e. The molecular formula is C23H27N3O3. The molecule has 1 amide bonds. The Morgan fingerprint density at radius 1 is 1.00 bits per heavy atom. The highest BCUT2D eigenvalue weighted by molar-refractivity contribution is 5.90. The zero-order valence-electron chi connectivity index (χ0n) is 16.5. The van der Waals surface area contributed by atoms with Crippen LogP contribution >= 0.6 is 0 Å². The minimum absolute atomic E-state index is 0.148. The van der Waals surface area contributed by atoms with Crippen molar-refractivity contribution in [1.29, 1.82) is 0 Å². The minimum atomic E-state index is -0.495. The Morgan fingerprint density at radius 2 is 1.62 bits per heavy atom. The zero-order chi connectivity index (χ0) is 20.0. The predicted molar refractivity (Wildman–Crippen MR) is 111 cm³/mol. The molecule has 2 aromatic rings. The highest BCUT2D eigenvalue weighted by Gasteiger charge is 2.51. The maximum atomic E-state index is 12.3. The topological polar surface area (TPSA) is 84.0 Å². The van der Waals surface area contributed by atoms with Crippen LogP contribution in [0.25, 0.3) is 0 Å². The van der Waals surface area contributed by atoms with Gasteiger partial charge in [-0.2, -0.15) is 0 Å². The van der Waals surface area contributed by atoms with Gasteiger partial charge < -0.3 is 9.88 Å². The van der Waals surface area contributed by atoms with Gasteiger partial charge in [0.2, 0.25) is 5.91 Å². The van der Waals surface area contributed by atoms with E-state index in [0.29, 0.717) is 5.41 Å². The van der Waals surface area contributed by atoms with Gasteiger partial charge in [-0.3, -0.25) is 14.6 Å². The number of aromatic nitrogens is 2. The van der Waals surface area contributed by atoms with Crippen LogP contribution in [0.2, 0.25) is 0 Å². The number of rotatable bonds is 5. The molecule has 6 heteroatoms. The summed E-state index contributed by atoms with van der Waals surface area (Å²) in [6, 6.07) is 9.71. The van der Waals surface area contributed by atoms with Gasteiger partial charge >= 0.3 is 5.69 Å². The van der Waals surface area contributed by atoms with Crippen LogP contribution in [-0.2, 0) is 16.8 Å². The predicted octanol–water partition coefficient (Wildman–Crippen LogP) is 3.03. The highest BCUT2D eigenvalue weighted by atomic mass is 16.2. The quantitative estimate of drug-likeness (QED) is 0.819. The molecule has 1 heterocycles. The van der Waals surface area contributed by atoms with E-state index < -0.39 is 11.2 Å². The Bertz CT molecular complexity index is 999. The van der Waals surface area contributed by atoms with Crippen molar-refractivity contribution in [2.24, 2.45) is 17.8 Å². The van der Waals surface area contributed by atoms with Crippen molar-refractivity contribution in [2.45, 2.75) is 56.9 Å². The minimum Gasteiger partial charge on any atom is -0.326 e. The number of aromatic amines is 1. The number of benzene rings is 1. The zero-order valence-corrected chi connectivity index (χ0v) is 16.5. The summed E-state index contributed by atoms with van der Waals surface area (Å²) in [6.45, 7) is 0.229. The molecule has 1 aromatic carbocycles. The highest BCUT2D eigenvalue weighted by Crippen LogP contribution is 2.60. The molecule has 152 valence electrons. The fourth-order valence-corrected chi connectivity index (χ4v) is 6.44. The first kappa shape index (κ1) is 18.4. The SMILES string of the molecule is O=C(CCn1ccc(=O)[nH]c1=O)Nc1ccc(C23CC4CC(CC(C4)C2)C3)cc1. The van der Waals surface area contributed by atoms with Crippen LogP contribution in [0.5, 0.6) is 0 Å². The van der Waals surface area contributed by atoms with Crippen molar-refractivity contribution in [3.8, 4) is 0 Å². The van der Waals surface area contributed by atoms with E-state index in [-0.39, 0.29) is 18.9 Å². The molecule has 4 fully saturated rings. The number of hydrogen-bond donors (Lipinski definition) is 2. The smallest absolute Gasteiger partial charge is 0.326 e. The van der Waals surface area contributed by atoms with Gasteiger partial charge in [-0.05, 0) is 79.4 Å². The summed E-state index contributed by atoms with van der Waals surface area (Å²) in [6.07, 6.45) is 9.89. The average Bonchev–Trinajstić information content (AvgIpc) is 2.67. The van der Waals surface area contributed by atoms with Gasteiger partial charge in [-0.15, -0.1) is 0 Å². The lowest BCUT2D eigenvalue weighted by molar-refractivity contribution is -0.116. The van der Waals surface area contributed by atoms with Crippen molar-refractivity contribution in [1.82, 2.24) is 9.55 Å². The number of nitrogens with one attached hydrogen (secondary N) is 2. The van der Waals surface area contributed by atoms with Gasteiger partial charge in [-0.25, -0.2) is 4.79 Å². The molecule has 0 spiro atoms. The number of carbonyl (C=O) groups excluding carboxylic acids is 1. The molecule has 0 atom stereocenters. The second-order valence-corrected chi connectivity index (χ2v) is 9.38. The van der Waals surface area contributed by atoms with E-state index in [1.807, 2.05) is 12.1 Å². The van der Waals surface area contributed by atoms with E-state index in [0.717, 1.165) is 23.4 Å². The molecule has 0 aliphatic heterocycles. The van der Waals surface area contributed by atoms with Crippen LogP contribution < -0.4 is 16.6 Å². The van der Waals surface area contributed by atoms with Gasteiger partial charge in [0.1, 0.15) is 0 Å². The molecule has 4 aliphatic rings. The summed E-state index contributed by atoms with van der Waals surface area (Å²) in [5, 5.41) is 2.92. The number of carbonyl (C=O) groups is 1.